The van der Waals surface area contributed by atoms with Crippen LogP contribution < -0.4 is 9.47 Å². The molecule has 3 rings (SSSR count). The topological polar surface area (TPSA) is 59.0 Å². The summed E-state index contributed by atoms with van der Waals surface area (Å²) in [6.07, 6.45) is 1.48. The molecule has 0 radical (unpaired) electrons. The van der Waals surface area contributed by atoms with Crippen molar-refractivity contribution in [2.24, 2.45) is 5.92 Å². The van der Waals surface area contributed by atoms with E-state index in [1.54, 1.807) is 26.4 Å². The lowest BCUT2D eigenvalue weighted by Gasteiger charge is -2.37. The zero-order chi connectivity index (χ0) is 19.4. The minimum Gasteiger partial charge on any atom is -0.493 e. The average Bonchev–Trinajstić information content (AvgIpc) is 2.69. The van der Waals surface area contributed by atoms with E-state index in [2.05, 4.69) is 4.90 Å². The van der Waals surface area contributed by atoms with Gasteiger partial charge >= 0.3 is 5.97 Å². The summed E-state index contributed by atoms with van der Waals surface area (Å²) in [4.78, 5) is 13.7. The summed E-state index contributed by atoms with van der Waals surface area (Å²) in [6, 6.07) is 11.9. The average molecular weight is 373 g/mol. The van der Waals surface area contributed by atoms with Crippen LogP contribution in [0, 0.1) is 11.7 Å². The number of carboxylic acids is 1. The maximum atomic E-state index is 13.5. The number of rotatable bonds is 6. The molecule has 0 aliphatic carbocycles. The SMILES string of the molecule is COc1ccc(C(c2ccc(F)cc2)N2CCCC(C(=O)O)C2)cc1OC. The molecule has 6 heteroatoms. The lowest BCUT2D eigenvalue weighted by molar-refractivity contribution is -0.143. The van der Waals surface area contributed by atoms with Crippen LogP contribution >= 0.6 is 0 Å². The number of carbonyl (C=O) groups is 1. The standard InChI is InChI=1S/C21H24FNO4/c1-26-18-10-7-15(12-19(18)27-2)20(14-5-8-17(22)9-6-14)23-11-3-4-16(13-23)21(24)25/h5-10,12,16,20H,3-4,11,13H2,1-2H3,(H,24,25). The van der Waals surface area contributed by atoms with Gasteiger partial charge in [-0.05, 0) is 54.8 Å². The number of piperidine rings is 1. The van der Waals surface area contributed by atoms with E-state index in [0.717, 1.165) is 24.1 Å². The third kappa shape index (κ3) is 4.22. The Morgan fingerprint density at radius 1 is 1.11 bits per heavy atom. The van der Waals surface area contributed by atoms with Crippen molar-refractivity contribution in [3.05, 3.63) is 59.4 Å². The first-order valence-corrected chi connectivity index (χ1v) is 8.97. The number of halogens is 1. The zero-order valence-corrected chi connectivity index (χ0v) is 15.5. The first-order valence-electron chi connectivity index (χ1n) is 8.97. The number of ether oxygens (including phenoxy) is 2. The van der Waals surface area contributed by atoms with Gasteiger partial charge in [0.05, 0.1) is 26.2 Å². The summed E-state index contributed by atoms with van der Waals surface area (Å²) in [5.41, 5.74) is 1.86. The number of hydrogen-bond acceptors (Lipinski definition) is 4. The van der Waals surface area contributed by atoms with Crippen LogP contribution in [-0.2, 0) is 4.79 Å². The second-order valence-corrected chi connectivity index (χ2v) is 6.74. The Hall–Kier alpha value is -2.60. The fourth-order valence-corrected chi connectivity index (χ4v) is 3.72. The predicted molar refractivity (Wildman–Crippen MR) is 99.7 cm³/mol. The zero-order valence-electron chi connectivity index (χ0n) is 15.5. The Morgan fingerprint density at radius 2 is 1.78 bits per heavy atom. The third-order valence-corrected chi connectivity index (χ3v) is 5.08. The van der Waals surface area contributed by atoms with Crippen molar-refractivity contribution >= 4 is 5.97 Å². The minimum atomic E-state index is -0.773. The highest BCUT2D eigenvalue weighted by molar-refractivity contribution is 5.70. The quantitative estimate of drug-likeness (QED) is 0.836. The van der Waals surface area contributed by atoms with Crippen molar-refractivity contribution in [1.82, 2.24) is 4.90 Å². The van der Waals surface area contributed by atoms with Crippen molar-refractivity contribution in [1.29, 1.82) is 0 Å². The number of carboxylic acid groups (broad SMARTS) is 1. The lowest BCUT2D eigenvalue weighted by Crippen LogP contribution is -2.41. The maximum absolute atomic E-state index is 13.5. The van der Waals surface area contributed by atoms with E-state index in [0.29, 0.717) is 24.5 Å². The smallest absolute Gasteiger partial charge is 0.307 e. The molecule has 0 bridgehead atoms. The van der Waals surface area contributed by atoms with E-state index in [-0.39, 0.29) is 11.9 Å². The van der Waals surface area contributed by atoms with Crippen LogP contribution in [0.2, 0.25) is 0 Å². The molecule has 0 amide bonds. The Bertz CT molecular complexity index is 793. The van der Waals surface area contributed by atoms with E-state index in [4.69, 9.17) is 9.47 Å². The number of benzene rings is 2. The molecule has 1 fully saturated rings. The second-order valence-electron chi connectivity index (χ2n) is 6.74. The summed E-state index contributed by atoms with van der Waals surface area (Å²) in [5, 5.41) is 9.45. The van der Waals surface area contributed by atoms with Crippen molar-refractivity contribution in [3.63, 3.8) is 0 Å². The van der Waals surface area contributed by atoms with Crippen LogP contribution in [-0.4, -0.2) is 43.3 Å². The van der Waals surface area contributed by atoms with Gasteiger partial charge in [-0.1, -0.05) is 18.2 Å². The van der Waals surface area contributed by atoms with Crippen molar-refractivity contribution < 1.29 is 23.8 Å². The number of hydrogen-bond donors (Lipinski definition) is 1. The van der Waals surface area contributed by atoms with Crippen LogP contribution in [0.25, 0.3) is 0 Å². The molecule has 0 aromatic heterocycles. The monoisotopic (exact) mass is 373 g/mol. The molecule has 2 atom stereocenters. The molecule has 1 aliphatic rings. The summed E-state index contributed by atoms with van der Waals surface area (Å²) in [5.74, 6) is -0.242. The summed E-state index contributed by atoms with van der Waals surface area (Å²) < 4.78 is 24.2. The van der Waals surface area contributed by atoms with Crippen LogP contribution in [0.3, 0.4) is 0 Å². The minimum absolute atomic E-state index is 0.187. The van der Waals surface area contributed by atoms with E-state index in [1.807, 2.05) is 18.2 Å². The first-order chi connectivity index (χ1) is 13.0. The second kappa shape index (κ2) is 8.39. The molecular weight excluding hydrogens is 349 g/mol. The number of likely N-dealkylation sites (tertiary alicyclic amines) is 1. The van der Waals surface area contributed by atoms with Gasteiger partial charge < -0.3 is 14.6 Å². The molecule has 27 heavy (non-hydrogen) atoms. The van der Waals surface area contributed by atoms with Gasteiger partial charge in [0.2, 0.25) is 0 Å². The third-order valence-electron chi connectivity index (χ3n) is 5.08. The molecule has 5 nitrogen and oxygen atoms in total. The van der Waals surface area contributed by atoms with Gasteiger partial charge in [-0.2, -0.15) is 0 Å². The van der Waals surface area contributed by atoms with Crippen LogP contribution in [0.4, 0.5) is 4.39 Å². The van der Waals surface area contributed by atoms with Gasteiger partial charge in [-0.15, -0.1) is 0 Å². The molecule has 144 valence electrons. The molecule has 1 saturated heterocycles. The van der Waals surface area contributed by atoms with Gasteiger partial charge in [0.25, 0.3) is 0 Å². The Kier molecular flexibility index (Phi) is 5.96. The van der Waals surface area contributed by atoms with Crippen LogP contribution in [0.1, 0.15) is 30.0 Å². The van der Waals surface area contributed by atoms with E-state index in [1.165, 1.54) is 12.1 Å². The lowest BCUT2D eigenvalue weighted by atomic mass is 9.91. The largest absolute Gasteiger partial charge is 0.493 e. The Balaban J connectivity index is 2.02. The van der Waals surface area contributed by atoms with Gasteiger partial charge in [-0.3, -0.25) is 9.69 Å². The molecule has 0 saturated carbocycles. The van der Waals surface area contributed by atoms with Crippen molar-refractivity contribution in [3.8, 4) is 11.5 Å². The van der Waals surface area contributed by atoms with E-state index < -0.39 is 11.9 Å². The number of methoxy groups -OCH3 is 2. The Labute approximate surface area is 158 Å². The molecule has 2 aromatic rings. The first kappa shape index (κ1) is 19.2. The highest BCUT2D eigenvalue weighted by atomic mass is 19.1. The number of aliphatic carboxylic acids is 1. The maximum Gasteiger partial charge on any atom is 0.307 e. The van der Waals surface area contributed by atoms with Crippen molar-refractivity contribution in [2.45, 2.75) is 18.9 Å². The summed E-state index contributed by atoms with van der Waals surface area (Å²) in [7, 11) is 3.16. The Morgan fingerprint density at radius 3 is 2.41 bits per heavy atom. The molecule has 2 aromatic carbocycles. The van der Waals surface area contributed by atoms with Gasteiger partial charge in [-0.25, -0.2) is 4.39 Å². The van der Waals surface area contributed by atoms with Crippen molar-refractivity contribution in [2.75, 3.05) is 27.3 Å². The molecular formula is C21H24FNO4. The fourth-order valence-electron chi connectivity index (χ4n) is 3.72. The normalized spacial score (nSPS) is 18.7. The van der Waals surface area contributed by atoms with Crippen LogP contribution in [0.5, 0.6) is 11.5 Å². The number of nitrogens with zero attached hydrogens (tertiary/aromatic N) is 1. The summed E-state index contributed by atoms with van der Waals surface area (Å²) >= 11 is 0. The van der Waals surface area contributed by atoms with Gasteiger partial charge in [0.1, 0.15) is 5.82 Å². The van der Waals surface area contributed by atoms with Crippen LogP contribution in [0.15, 0.2) is 42.5 Å². The highest BCUT2D eigenvalue weighted by Gasteiger charge is 2.31. The molecule has 0 spiro atoms. The van der Waals surface area contributed by atoms with E-state index >= 15 is 0 Å². The molecule has 1 N–H and O–H groups in total. The fraction of sp³-hybridized carbons (Fsp3) is 0.381. The van der Waals surface area contributed by atoms with Gasteiger partial charge in [0.15, 0.2) is 11.5 Å². The van der Waals surface area contributed by atoms with E-state index in [9.17, 15) is 14.3 Å². The highest BCUT2D eigenvalue weighted by Crippen LogP contribution is 2.37. The summed E-state index contributed by atoms with van der Waals surface area (Å²) in [6.45, 7) is 1.23. The molecule has 1 aliphatic heterocycles. The predicted octanol–water partition coefficient (Wildman–Crippen LogP) is 3.73. The molecule has 2 unspecified atom stereocenters. The molecule has 1 heterocycles. The van der Waals surface area contributed by atoms with Gasteiger partial charge in [0, 0.05) is 6.54 Å².